The van der Waals surface area contributed by atoms with E-state index < -0.39 is 0 Å². The third kappa shape index (κ3) is 4.93. The predicted molar refractivity (Wildman–Crippen MR) is 64.9 cm³/mol. The lowest BCUT2D eigenvalue weighted by Crippen LogP contribution is -2.22. The summed E-state index contributed by atoms with van der Waals surface area (Å²) in [5.74, 6) is 1.34. The van der Waals surface area contributed by atoms with Crippen molar-refractivity contribution in [2.24, 2.45) is 0 Å². The van der Waals surface area contributed by atoms with Gasteiger partial charge >= 0.3 is 0 Å². The topological polar surface area (TPSA) is 59.1 Å². The third-order valence-corrected chi connectivity index (χ3v) is 1.92. The van der Waals surface area contributed by atoms with Crippen LogP contribution < -0.4 is 15.4 Å². The molecule has 0 aliphatic rings. The van der Waals surface area contributed by atoms with Crippen molar-refractivity contribution in [3.63, 3.8) is 0 Å². The molecule has 90 valence electrons. The van der Waals surface area contributed by atoms with E-state index in [2.05, 4.69) is 34.4 Å². The molecule has 1 aromatic heterocycles. The highest BCUT2D eigenvalue weighted by atomic mass is 16.5. The zero-order valence-corrected chi connectivity index (χ0v) is 9.99. The van der Waals surface area contributed by atoms with Crippen LogP contribution in [0.4, 0.5) is 5.82 Å². The number of anilines is 1. The van der Waals surface area contributed by atoms with Gasteiger partial charge in [0, 0.05) is 13.1 Å². The summed E-state index contributed by atoms with van der Waals surface area (Å²) in [6.07, 6.45) is 4.30. The van der Waals surface area contributed by atoms with Crippen LogP contribution in [0.15, 0.2) is 12.4 Å². The molecule has 0 spiro atoms. The summed E-state index contributed by atoms with van der Waals surface area (Å²) in [5, 5.41) is 6.41. The van der Waals surface area contributed by atoms with Crippen LogP contribution in [0.25, 0.3) is 0 Å². The summed E-state index contributed by atoms with van der Waals surface area (Å²) in [6, 6.07) is 0. The first-order valence-corrected chi connectivity index (χ1v) is 5.76. The van der Waals surface area contributed by atoms with Gasteiger partial charge < -0.3 is 15.4 Å². The summed E-state index contributed by atoms with van der Waals surface area (Å²) in [5.41, 5.74) is 0. The molecular formula is C11H20N4O. The second-order valence-corrected chi connectivity index (χ2v) is 3.37. The normalized spacial score (nSPS) is 10.1. The maximum atomic E-state index is 5.39. The largest absolute Gasteiger partial charge is 0.477 e. The molecule has 2 N–H and O–H groups in total. The molecule has 0 aromatic carbocycles. The van der Waals surface area contributed by atoms with E-state index in [-0.39, 0.29) is 0 Å². The van der Waals surface area contributed by atoms with E-state index >= 15 is 0 Å². The van der Waals surface area contributed by atoms with Crippen LogP contribution >= 0.6 is 0 Å². The smallest absolute Gasteiger partial charge is 0.234 e. The third-order valence-electron chi connectivity index (χ3n) is 1.92. The predicted octanol–water partition coefficient (Wildman–Crippen LogP) is 1.29. The molecular weight excluding hydrogens is 204 g/mol. The molecule has 0 aliphatic carbocycles. The maximum absolute atomic E-state index is 5.39. The Kier molecular flexibility index (Phi) is 6.25. The second-order valence-electron chi connectivity index (χ2n) is 3.37. The molecule has 16 heavy (non-hydrogen) atoms. The lowest BCUT2D eigenvalue weighted by Gasteiger charge is -2.07. The number of rotatable bonds is 8. The van der Waals surface area contributed by atoms with Gasteiger partial charge in [-0.25, -0.2) is 0 Å². The highest BCUT2D eigenvalue weighted by Crippen LogP contribution is 2.08. The highest BCUT2D eigenvalue weighted by molar-refractivity contribution is 5.33. The number of hydrogen-bond donors (Lipinski definition) is 2. The Labute approximate surface area is 96.6 Å². The highest BCUT2D eigenvalue weighted by Gasteiger charge is 1.98. The molecule has 0 amide bonds. The van der Waals surface area contributed by atoms with Crippen molar-refractivity contribution < 1.29 is 4.74 Å². The zero-order chi connectivity index (χ0) is 11.6. The Morgan fingerprint density at radius 3 is 2.88 bits per heavy atom. The van der Waals surface area contributed by atoms with Crippen LogP contribution in [-0.2, 0) is 0 Å². The van der Waals surface area contributed by atoms with Crippen molar-refractivity contribution in [1.29, 1.82) is 0 Å². The summed E-state index contributed by atoms with van der Waals surface area (Å²) >= 11 is 0. The van der Waals surface area contributed by atoms with Gasteiger partial charge in [0.25, 0.3) is 0 Å². The quantitative estimate of drug-likeness (QED) is 0.652. The minimum Gasteiger partial charge on any atom is -0.477 e. The van der Waals surface area contributed by atoms with Crippen molar-refractivity contribution in [2.75, 3.05) is 31.6 Å². The van der Waals surface area contributed by atoms with E-state index in [1.807, 2.05) is 0 Å². The molecule has 0 atom stereocenters. The summed E-state index contributed by atoms with van der Waals surface area (Å²) in [7, 11) is 0. The summed E-state index contributed by atoms with van der Waals surface area (Å²) in [6.45, 7) is 7.55. The van der Waals surface area contributed by atoms with Crippen molar-refractivity contribution in [1.82, 2.24) is 15.3 Å². The van der Waals surface area contributed by atoms with Gasteiger partial charge in [0.15, 0.2) is 0 Å². The lowest BCUT2D eigenvalue weighted by atomic mass is 10.5. The molecule has 0 saturated carbocycles. The fourth-order valence-electron chi connectivity index (χ4n) is 1.17. The molecule has 5 heteroatoms. The van der Waals surface area contributed by atoms with Gasteiger partial charge in [0.05, 0.1) is 19.0 Å². The van der Waals surface area contributed by atoms with Crippen molar-refractivity contribution in [3.05, 3.63) is 12.4 Å². The molecule has 0 aliphatic heterocycles. The van der Waals surface area contributed by atoms with Crippen LogP contribution in [0.3, 0.4) is 0 Å². The van der Waals surface area contributed by atoms with Crippen molar-refractivity contribution in [2.45, 2.75) is 20.3 Å². The monoisotopic (exact) mass is 224 g/mol. The first kappa shape index (κ1) is 12.7. The summed E-state index contributed by atoms with van der Waals surface area (Å²) < 4.78 is 5.39. The Bertz CT molecular complexity index is 293. The van der Waals surface area contributed by atoms with Crippen molar-refractivity contribution >= 4 is 5.82 Å². The van der Waals surface area contributed by atoms with E-state index in [1.54, 1.807) is 12.4 Å². The average Bonchev–Trinajstić information content (AvgIpc) is 2.33. The number of nitrogens with one attached hydrogen (secondary N) is 2. The lowest BCUT2D eigenvalue weighted by molar-refractivity contribution is 0.304. The fraction of sp³-hybridized carbons (Fsp3) is 0.636. The van der Waals surface area contributed by atoms with Gasteiger partial charge in [-0.3, -0.25) is 4.98 Å². The Morgan fingerprint density at radius 1 is 1.25 bits per heavy atom. The van der Waals surface area contributed by atoms with E-state index in [0.29, 0.717) is 12.5 Å². The molecule has 5 nitrogen and oxygen atoms in total. The average molecular weight is 224 g/mol. The first-order chi connectivity index (χ1) is 7.86. The minimum atomic E-state index is 0.579. The van der Waals surface area contributed by atoms with E-state index in [9.17, 15) is 0 Å². The Hall–Kier alpha value is -1.36. The molecule has 0 saturated heterocycles. The van der Waals surface area contributed by atoms with Gasteiger partial charge in [0.2, 0.25) is 5.88 Å². The van der Waals surface area contributed by atoms with E-state index in [4.69, 9.17) is 4.74 Å². The fourth-order valence-corrected chi connectivity index (χ4v) is 1.17. The van der Waals surface area contributed by atoms with Gasteiger partial charge in [-0.2, -0.15) is 4.98 Å². The van der Waals surface area contributed by atoms with Crippen LogP contribution in [0, 0.1) is 0 Å². The standard InChI is InChI=1S/C11H20N4O/c1-3-7-16-11-9-13-8-10(15-11)14-6-5-12-4-2/h8-9,12H,3-7H2,1-2H3,(H,14,15). The first-order valence-electron chi connectivity index (χ1n) is 5.76. The van der Waals surface area contributed by atoms with Crippen molar-refractivity contribution in [3.8, 4) is 5.88 Å². The SMILES string of the molecule is CCCOc1cncc(NCCNCC)n1. The molecule has 1 rings (SSSR count). The van der Waals surface area contributed by atoms with Gasteiger partial charge in [0.1, 0.15) is 5.82 Å². The molecule has 1 heterocycles. The molecule has 0 fully saturated rings. The van der Waals surface area contributed by atoms with Gasteiger partial charge in [-0.15, -0.1) is 0 Å². The minimum absolute atomic E-state index is 0.579. The molecule has 1 aromatic rings. The van der Waals surface area contributed by atoms with Crippen LogP contribution in [0.2, 0.25) is 0 Å². The molecule has 0 radical (unpaired) electrons. The van der Waals surface area contributed by atoms with Gasteiger partial charge in [-0.05, 0) is 13.0 Å². The zero-order valence-electron chi connectivity index (χ0n) is 9.99. The van der Waals surface area contributed by atoms with Crippen LogP contribution in [-0.4, -0.2) is 36.2 Å². The summed E-state index contributed by atoms with van der Waals surface area (Å²) in [4.78, 5) is 8.35. The molecule has 0 bridgehead atoms. The van der Waals surface area contributed by atoms with Crippen LogP contribution in [0.5, 0.6) is 5.88 Å². The number of ether oxygens (including phenoxy) is 1. The second kappa shape index (κ2) is 7.87. The van der Waals surface area contributed by atoms with Crippen LogP contribution in [0.1, 0.15) is 20.3 Å². The number of likely N-dealkylation sites (N-methyl/N-ethyl adjacent to an activating group) is 1. The number of hydrogen-bond acceptors (Lipinski definition) is 5. The Morgan fingerprint density at radius 2 is 2.12 bits per heavy atom. The maximum Gasteiger partial charge on any atom is 0.234 e. The van der Waals surface area contributed by atoms with E-state index in [0.717, 1.165) is 31.9 Å². The Balaban J connectivity index is 2.35. The molecule has 0 unspecified atom stereocenters. The number of nitrogens with zero attached hydrogens (tertiary/aromatic N) is 2. The van der Waals surface area contributed by atoms with E-state index in [1.165, 1.54) is 0 Å². The number of aromatic nitrogens is 2. The van der Waals surface area contributed by atoms with Gasteiger partial charge in [-0.1, -0.05) is 13.8 Å².